The number of rotatable bonds is 4. The number of halogens is 2. The Balaban J connectivity index is 1.67. The van der Waals surface area contributed by atoms with E-state index in [2.05, 4.69) is 15.3 Å². The molecule has 0 saturated heterocycles. The molecular weight excluding hydrogens is 349 g/mol. The largest absolute Gasteiger partial charge is 0.414 e. The average Bonchev–Trinajstić information content (AvgIpc) is 2.94. The van der Waals surface area contributed by atoms with E-state index in [4.69, 9.17) is 16.3 Å². The van der Waals surface area contributed by atoms with E-state index in [-0.39, 0.29) is 24.1 Å². The summed E-state index contributed by atoms with van der Waals surface area (Å²) < 4.78 is 20.5. The zero-order valence-corrected chi connectivity index (χ0v) is 13.5. The number of nitriles is 1. The smallest absolute Gasteiger partial charge is 0.391 e. The zero-order valence-electron chi connectivity index (χ0n) is 12.7. The number of para-hydroxylation sites is 1. The lowest BCUT2D eigenvalue weighted by Crippen LogP contribution is -2.30. The highest BCUT2D eigenvalue weighted by Crippen LogP contribution is 2.22. The minimum absolute atomic E-state index is 0.00710. The molecular formula is C16H11ClFN5O2. The van der Waals surface area contributed by atoms with Crippen molar-refractivity contribution in [3.63, 3.8) is 0 Å². The van der Waals surface area contributed by atoms with E-state index in [1.807, 2.05) is 6.07 Å². The average molecular weight is 360 g/mol. The second kappa shape index (κ2) is 7.15. The SMILES string of the molecule is N#Cc1cc2cccc(F)c2n1CCNC(=O)Oc1cc(Cl)ncn1. The fraction of sp³-hybridized carbons (Fsp3) is 0.125. The van der Waals surface area contributed by atoms with Gasteiger partial charge in [-0.25, -0.2) is 19.2 Å². The zero-order chi connectivity index (χ0) is 17.8. The number of hydrogen-bond acceptors (Lipinski definition) is 5. The van der Waals surface area contributed by atoms with Crippen molar-refractivity contribution in [1.82, 2.24) is 19.9 Å². The Hall–Kier alpha value is -3.18. The molecule has 0 aliphatic heterocycles. The first kappa shape index (κ1) is 16.7. The van der Waals surface area contributed by atoms with Crippen molar-refractivity contribution in [2.24, 2.45) is 0 Å². The van der Waals surface area contributed by atoms with Crippen LogP contribution in [-0.4, -0.2) is 27.2 Å². The molecule has 0 atom stereocenters. The molecule has 126 valence electrons. The van der Waals surface area contributed by atoms with Crippen molar-refractivity contribution < 1.29 is 13.9 Å². The van der Waals surface area contributed by atoms with Gasteiger partial charge in [0.05, 0.1) is 5.52 Å². The molecule has 0 spiro atoms. The Kier molecular flexibility index (Phi) is 4.77. The van der Waals surface area contributed by atoms with E-state index >= 15 is 0 Å². The maximum Gasteiger partial charge on any atom is 0.414 e. The lowest BCUT2D eigenvalue weighted by Gasteiger charge is -2.09. The Bertz CT molecular complexity index is 982. The van der Waals surface area contributed by atoms with Crippen molar-refractivity contribution in [1.29, 1.82) is 5.26 Å². The normalized spacial score (nSPS) is 10.4. The molecule has 3 rings (SSSR count). The Labute approximate surface area is 146 Å². The fourth-order valence-corrected chi connectivity index (χ4v) is 2.51. The van der Waals surface area contributed by atoms with Crippen LogP contribution in [0.15, 0.2) is 36.7 Å². The summed E-state index contributed by atoms with van der Waals surface area (Å²) in [6.45, 7) is 0.331. The van der Waals surface area contributed by atoms with Gasteiger partial charge in [-0.15, -0.1) is 0 Å². The van der Waals surface area contributed by atoms with E-state index < -0.39 is 11.9 Å². The van der Waals surface area contributed by atoms with Gasteiger partial charge < -0.3 is 14.6 Å². The summed E-state index contributed by atoms with van der Waals surface area (Å²) in [5.74, 6) is -0.426. The van der Waals surface area contributed by atoms with Crippen molar-refractivity contribution in [3.8, 4) is 11.9 Å². The number of ether oxygens (including phenoxy) is 1. The summed E-state index contributed by atoms with van der Waals surface area (Å²) in [7, 11) is 0. The summed E-state index contributed by atoms with van der Waals surface area (Å²) in [6.07, 6.45) is 0.420. The van der Waals surface area contributed by atoms with Crippen molar-refractivity contribution in [2.45, 2.75) is 6.54 Å². The number of nitrogens with one attached hydrogen (secondary N) is 1. The van der Waals surface area contributed by atoms with Crippen molar-refractivity contribution in [3.05, 3.63) is 53.3 Å². The van der Waals surface area contributed by atoms with Gasteiger partial charge in [-0.05, 0) is 12.1 Å². The van der Waals surface area contributed by atoms with Crippen LogP contribution in [0.1, 0.15) is 5.69 Å². The molecule has 7 nitrogen and oxygen atoms in total. The lowest BCUT2D eigenvalue weighted by atomic mass is 10.2. The number of aromatic nitrogens is 3. The third-order valence-electron chi connectivity index (χ3n) is 3.40. The van der Waals surface area contributed by atoms with Crippen molar-refractivity contribution in [2.75, 3.05) is 6.54 Å². The van der Waals surface area contributed by atoms with Crippen LogP contribution in [0.25, 0.3) is 10.9 Å². The van der Waals surface area contributed by atoms with E-state index in [0.717, 1.165) is 0 Å². The highest BCUT2D eigenvalue weighted by Gasteiger charge is 2.13. The van der Waals surface area contributed by atoms with E-state index in [1.54, 1.807) is 18.2 Å². The van der Waals surface area contributed by atoms with Crippen LogP contribution in [0.4, 0.5) is 9.18 Å². The number of carbonyl (C=O) groups excluding carboxylic acids is 1. The summed E-state index contributed by atoms with van der Waals surface area (Å²) in [5, 5.41) is 12.5. The molecule has 9 heteroatoms. The van der Waals surface area contributed by atoms with Crippen molar-refractivity contribution >= 4 is 28.6 Å². The van der Waals surface area contributed by atoms with Crippen LogP contribution in [0, 0.1) is 17.1 Å². The number of carbonyl (C=O) groups is 1. The predicted molar refractivity (Wildman–Crippen MR) is 87.7 cm³/mol. The van der Waals surface area contributed by atoms with Gasteiger partial charge in [0.25, 0.3) is 0 Å². The quantitative estimate of drug-likeness (QED) is 0.723. The van der Waals surface area contributed by atoms with Crippen LogP contribution in [0.2, 0.25) is 5.15 Å². The van der Waals surface area contributed by atoms with Gasteiger partial charge >= 0.3 is 6.09 Å². The first-order chi connectivity index (χ1) is 12.1. The second-order valence-corrected chi connectivity index (χ2v) is 5.35. The molecule has 2 heterocycles. The van der Waals surface area contributed by atoms with Crippen LogP contribution in [0.3, 0.4) is 0 Å². The predicted octanol–water partition coefficient (Wildman–Crippen LogP) is 2.88. The van der Waals surface area contributed by atoms with Crippen LogP contribution >= 0.6 is 11.6 Å². The molecule has 2 aromatic heterocycles. The molecule has 25 heavy (non-hydrogen) atoms. The topological polar surface area (TPSA) is 92.8 Å². The standard InChI is InChI=1S/C16H11ClFN5O2/c17-13-7-14(22-9-21-13)25-16(24)20-4-5-23-11(8-19)6-10-2-1-3-12(18)15(10)23/h1-3,6-7,9H,4-5H2,(H,20,24). The van der Waals surface area contributed by atoms with E-state index in [9.17, 15) is 14.4 Å². The summed E-state index contributed by atoms with van der Waals surface area (Å²) in [6, 6.07) is 9.52. The van der Waals surface area contributed by atoms with Gasteiger partial charge in [0.1, 0.15) is 29.1 Å². The molecule has 1 amide bonds. The molecule has 0 saturated carbocycles. The molecule has 3 aromatic rings. The minimum Gasteiger partial charge on any atom is -0.391 e. The van der Waals surface area contributed by atoms with Gasteiger partial charge in [0, 0.05) is 24.5 Å². The van der Waals surface area contributed by atoms with Gasteiger partial charge in [-0.3, -0.25) is 0 Å². The molecule has 0 bridgehead atoms. The molecule has 0 aliphatic carbocycles. The van der Waals surface area contributed by atoms with Crippen LogP contribution in [0.5, 0.6) is 5.88 Å². The highest BCUT2D eigenvalue weighted by atomic mass is 35.5. The summed E-state index contributed by atoms with van der Waals surface area (Å²) >= 11 is 5.67. The Morgan fingerprint density at radius 3 is 3.00 bits per heavy atom. The Morgan fingerprint density at radius 2 is 2.24 bits per heavy atom. The minimum atomic E-state index is -0.745. The third-order valence-corrected chi connectivity index (χ3v) is 3.60. The maximum absolute atomic E-state index is 14.0. The molecule has 0 aliphatic rings. The summed E-state index contributed by atoms with van der Waals surface area (Å²) in [5.41, 5.74) is 0.620. The highest BCUT2D eigenvalue weighted by molar-refractivity contribution is 6.29. The van der Waals surface area contributed by atoms with Gasteiger partial charge in [0.15, 0.2) is 0 Å². The maximum atomic E-state index is 14.0. The fourth-order valence-electron chi connectivity index (χ4n) is 2.38. The Morgan fingerprint density at radius 1 is 1.40 bits per heavy atom. The monoisotopic (exact) mass is 359 g/mol. The first-order valence-electron chi connectivity index (χ1n) is 7.19. The second-order valence-electron chi connectivity index (χ2n) is 4.97. The van der Waals surface area contributed by atoms with E-state index in [1.165, 1.54) is 23.0 Å². The molecule has 1 N–H and O–H groups in total. The molecule has 1 aromatic carbocycles. The number of amides is 1. The number of hydrogen-bond donors (Lipinski definition) is 1. The summed E-state index contributed by atoms with van der Waals surface area (Å²) in [4.78, 5) is 19.2. The van der Waals surface area contributed by atoms with Gasteiger partial charge in [0.2, 0.25) is 5.88 Å². The first-order valence-corrected chi connectivity index (χ1v) is 7.57. The molecule has 0 fully saturated rings. The molecule has 0 radical (unpaired) electrons. The number of fused-ring (bicyclic) bond motifs is 1. The number of nitrogens with zero attached hydrogens (tertiary/aromatic N) is 4. The third kappa shape index (κ3) is 3.67. The van der Waals surface area contributed by atoms with E-state index in [0.29, 0.717) is 16.6 Å². The lowest BCUT2D eigenvalue weighted by molar-refractivity contribution is 0.198. The van der Waals surface area contributed by atoms with Gasteiger partial charge in [-0.1, -0.05) is 23.7 Å². The van der Waals surface area contributed by atoms with Crippen LogP contribution in [-0.2, 0) is 6.54 Å². The number of benzene rings is 1. The van der Waals surface area contributed by atoms with Gasteiger partial charge in [-0.2, -0.15) is 5.26 Å². The molecule has 0 unspecified atom stereocenters. The van der Waals surface area contributed by atoms with Crippen LogP contribution < -0.4 is 10.1 Å².